The van der Waals surface area contributed by atoms with Gasteiger partial charge in [0.2, 0.25) is 0 Å². The lowest BCUT2D eigenvalue weighted by Gasteiger charge is -2.29. The topological polar surface area (TPSA) is 75.6 Å². The Morgan fingerprint density at radius 3 is 2.39 bits per heavy atom. The van der Waals surface area contributed by atoms with Crippen LogP contribution in [-0.4, -0.2) is 36.7 Å². The minimum Gasteiger partial charge on any atom is -0.481 e. The molecule has 2 atom stereocenters. The minimum atomic E-state index is -0.902. The summed E-state index contributed by atoms with van der Waals surface area (Å²) in [5.74, 6) is -1.91. The number of nitrogens with one attached hydrogen (secondary N) is 1. The molecule has 2 radical (unpaired) electrons. The summed E-state index contributed by atoms with van der Waals surface area (Å²) in [4.78, 5) is 22.6. The van der Waals surface area contributed by atoms with Crippen LogP contribution in [0.4, 0.5) is 0 Å². The molecular formula is C12H22BNO4. The van der Waals surface area contributed by atoms with Crippen LogP contribution in [0.15, 0.2) is 0 Å². The van der Waals surface area contributed by atoms with Gasteiger partial charge >= 0.3 is 11.9 Å². The van der Waals surface area contributed by atoms with Crippen LogP contribution in [-0.2, 0) is 14.3 Å². The maximum Gasteiger partial charge on any atom is 0.322 e. The summed E-state index contributed by atoms with van der Waals surface area (Å²) in [6.45, 7) is 6.92. The number of aliphatic carboxylic acids is 1. The normalized spacial score (nSPS) is 14.9. The van der Waals surface area contributed by atoms with E-state index in [-0.39, 0.29) is 6.42 Å². The van der Waals surface area contributed by atoms with Gasteiger partial charge in [-0.1, -0.05) is 20.3 Å². The summed E-state index contributed by atoms with van der Waals surface area (Å²) in [5, 5.41) is 11.3. The van der Waals surface area contributed by atoms with Crippen molar-refractivity contribution >= 4 is 19.9 Å². The van der Waals surface area contributed by atoms with Crippen molar-refractivity contribution in [2.75, 3.05) is 0 Å². The first-order valence-corrected chi connectivity index (χ1v) is 6.15. The van der Waals surface area contributed by atoms with E-state index in [9.17, 15) is 9.59 Å². The van der Waals surface area contributed by atoms with Gasteiger partial charge in [0.05, 0.1) is 12.0 Å². The minimum absolute atomic E-state index is 0.261. The van der Waals surface area contributed by atoms with Crippen LogP contribution >= 0.6 is 0 Å². The fraction of sp³-hybridized carbons (Fsp3) is 0.833. The van der Waals surface area contributed by atoms with E-state index < -0.39 is 29.5 Å². The zero-order valence-electron chi connectivity index (χ0n) is 11.5. The lowest BCUT2D eigenvalue weighted by molar-refractivity contribution is -0.162. The number of esters is 1. The maximum atomic E-state index is 11.8. The van der Waals surface area contributed by atoms with Gasteiger partial charge in [-0.05, 0) is 26.7 Å². The van der Waals surface area contributed by atoms with Crippen molar-refractivity contribution in [1.82, 2.24) is 5.23 Å². The van der Waals surface area contributed by atoms with Crippen molar-refractivity contribution < 1.29 is 19.4 Å². The molecule has 0 bridgehead atoms. The van der Waals surface area contributed by atoms with Crippen molar-refractivity contribution in [2.24, 2.45) is 5.92 Å². The van der Waals surface area contributed by atoms with Gasteiger partial charge in [-0.15, -0.1) is 0 Å². The smallest absolute Gasteiger partial charge is 0.322 e. The quantitative estimate of drug-likeness (QED) is 0.504. The Labute approximate surface area is 110 Å². The molecule has 0 saturated carbocycles. The lowest BCUT2D eigenvalue weighted by Crippen LogP contribution is -2.42. The van der Waals surface area contributed by atoms with Crippen molar-refractivity contribution in [1.29, 1.82) is 0 Å². The number of ether oxygens (including phenoxy) is 1. The number of carboxylic acid groups (broad SMARTS) is 1. The van der Waals surface area contributed by atoms with Crippen molar-refractivity contribution in [3.8, 4) is 0 Å². The zero-order chi connectivity index (χ0) is 14.3. The predicted octanol–water partition coefficient (Wildman–Crippen LogP) is 1.26. The number of carbonyl (C=O) groups excluding carboxylic acids is 1. The number of hydrogen-bond donors (Lipinski definition) is 2. The van der Waals surface area contributed by atoms with Gasteiger partial charge in [0, 0.05) is 0 Å². The second kappa shape index (κ2) is 7.41. The number of carbonyl (C=O) groups is 2. The first-order valence-electron chi connectivity index (χ1n) is 6.15. The Morgan fingerprint density at radius 1 is 1.44 bits per heavy atom. The van der Waals surface area contributed by atoms with Crippen LogP contribution in [0.3, 0.4) is 0 Å². The third kappa shape index (κ3) is 6.05. The maximum absolute atomic E-state index is 11.8. The average Bonchev–Trinajstić information content (AvgIpc) is 2.23. The van der Waals surface area contributed by atoms with Crippen LogP contribution in [0.1, 0.15) is 47.0 Å². The van der Waals surface area contributed by atoms with E-state index in [4.69, 9.17) is 17.8 Å². The molecule has 0 spiro atoms. The summed E-state index contributed by atoms with van der Waals surface area (Å²) in [6.07, 6.45) is 1.65. The van der Waals surface area contributed by atoms with Crippen molar-refractivity contribution in [3.05, 3.63) is 0 Å². The van der Waals surface area contributed by atoms with Crippen LogP contribution in [0.2, 0.25) is 0 Å². The summed E-state index contributed by atoms with van der Waals surface area (Å²) in [7, 11) is 5.28. The Kier molecular flexibility index (Phi) is 6.98. The standard InChI is InChI=1S/C12H22BNO4/c1-5-6-9(14-13)11(17)18-12(3,4)7-8(2)10(15)16/h8-9,14H,5-7H2,1-4H3,(H,15,16). The third-order valence-corrected chi connectivity index (χ3v) is 2.66. The van der Waals surface area contributed by atoms with Crippen LogP contribution < -0.4 is 5.23 Å². The molecular weight excluding hydrogens is 233 g/mol. The van der Waals surface area contributed by atoms with E-state index >= 15 is 0 Å². The largest absolute Gasteiger partial charge is 0.481 e. The van der Waals surface area contributed by atoms with E-state index in [1.54, 1.807) is 20.8 Å². The highest BCUT2D eigenvalue weighted by molar-refractivity contribution is 6.06. The lowest BCUT2D eigenvalue weighted by atomic mass is 9.94. The highest BCUT2D eigenvalue weighted by Gasteiger charge is 2.30. The highest BCUT2D eigenvalue weighted by Crippen LogP contribution is 2.21. The Hall–Kier alpha value is -1.04. The second-order valence-corrected chi connectivity index (χ2v) is 5.13. The first kappa shape index (κ1) is 17.0. The molecule has 18 heavy (non-hydrogen) atoms. The molecule has 0 aromatic rings. The summed E-state index contributed by atoms with van der Waals surface area (Å²) >= 11 is 0. The molecule has 0 aromatic carbocycles. The van der Waals surface area contributed by atoms with Crippen molar-refractivity contribution in [2.45, 2.75) is 58.6 Å². The van der Waals surface area contributed by atoms with Crippen LogP contribution in [0, 0.1) is 5.92 Å². The monoisotopic (exact) mass is 255 g/mol. The van der Waals surface area contributed by atoms with E-state index in [2.05, 4.69) is 5.23 Å². The van der Waals surface area contributed by atoms with Crippen molar-refractivity contribution in [3.63, 3.8) is 0 Å². The molecule has 0 aliphatic rings. The van der Waals surface area contributed by atoms with Gasteiger partial charge < -0.3 is 15.1 Å². The summed E-state index contributed by atoms with van der Waals surface area (Å²) in [6, 6.07) is -0.547. The number of rotatable bonds is 8. The van der Waals surface area contributed by atoms with Gasteiger partial charge in [0.25, 0.3) is 0 Å². The Balaban J connectivity index is 4.46. The predicted molar refractivity (Wildman–Crippen MR) is 69.2 cm³/mol. The average molecular weight is 255 g/mol. The molecule has 0 rings (SSSR count). The van der Waals surface area contributed by atoms with Gasteiger partial charge in [0.15, 0.2) is 7.98 Å². The van der Waals surface area contributed by atoms with Gasteiger partial charge in [-0.2, -0.15) is 0 Å². The van der Waals surface area contributed by atoms with E-state index in [1.165, 1.54) is 0 Å². The molecule has 0 aliphatic heterocycles. The molecule has 2 unspecified atom stereocenters. The van der Waals surface area contributed by atoms with Gasteiger partial charge in [-0.3, -0.25) is 9.59 Å². The summed E-state index contributed by atoms with van der Waals surface area (Å²) in [5.41, 5.74) is -0.822. The molecule has 0 amide bonds. The molecule has 0 fully saturated rings. The fourth-order valence-corrected chi connectivity index (χ4v) is 1.77. The summed E-state index contributed by atoms with van der Waals surface area (Å²) < 4.78 is 5.32. The Morgan fingerprint density at radius 2 is 2.00 bits per heavy atom. The van der Waals surface area contributed by atoms with Gasteiger partial charge in [-0.25, -0.2) is 0 Å². The molecule has 5 nitrogen and oxygen atoms in total. The molecule has 0 aliphatic carbocycles. The molecule has 0 heterocycles. The molecule has 6 heteroatoms. The van der Waals surface area contributed by atoms with Gasteiger partial charge in [0.1, 0.15) is 5.60 Å². The zero-order valence-corrected chi connectivity index (χ0v) is 11.5. The highest BCUT2D eigenvalue weighted by atomic mass is 16.6. The Bertz CT molecular complexity index is 294. The van der Waals surface area contributed by atoms with E-state index in [0.29, 0.717) is 6.42 Å². The second-order valence-electron chi connectivity index (χ2n) is 5.13. The van der Waals surface area contributed by atoms with Crippen LogP contribution in [0.25, 0.3) is 0 Å². The fourth-order valence-electron chi connectivity index (χ4n) is 1.77. The number of hydrogen-bond acceptors (Lipinski definition) is 4. The molecule has 2 N–H and O–H groups in total. The van der Waals surface area contributed by atoms with Crippen LogP contribution in [0.5, 0.6) is 0 Å². The van der Waals surface area contributed by atoms with E-state index in [1.807, 2.05) is 6.92 Å². The number of carboxylic acids is 1. The SMILES string of the molecule is [B]NC(CCC)C(=O)OC(C)(C)CC(C)C(=O)O. The molecule has 0 saturated heterocycles. The first-order chi connectivity index (χ1) is 8.23. The van der Waals surface area contributed by atoms with E-state index in [0.717, 1.165) is 6.42 Å². The molecule has 102 valence electrons. The third-order valence-electron chi connectivity index (χ3n) is 2.66. The molecule has 0 aromatic heterocycles.